The predicted octanol–water partition coefficient (Wildman–Crippen LogP) is 4.82. The molecule has 0 heterocycles. The van der Waals surface area contributed by atoms with Crippen molar-refractivity contribution in [1.82, 2.24) is 5.32 Å². The lowest BCUT2D eigenvalue weighted by atomic mass is 9.89. The van der Waals surface area contributed by atoms with E-state index in [0.717, 1.165) is 22.5 Å². The van der Waals surface area contributed by atoms with Crippen LogP contribution in [0.4, 0.5) is 4.39 Å². The van der Waals surface area contributed by atoms with Crippen LogP contribution in [0.5, 0.6) is 0 Å². The molecule has 0 spiro atoms. The first-order valence-corrected chi connectivity index (χ1v) is 7.64. The van der Waals surface area contributed by atoms with E-state index in [9.17, 15) is 4.39 Å². The van der Waals surface area contributed by atoms with Crippen LogP contribution in [0.15, 0.2) is 22.7 Å². The summed E-state index contributed by atoms with van der Waals surface area (Å²) in [6, 6.07) is 5.21. The minimum atomic E-state index is -0.123. The van der Waals surface area contributed by atoms with E-state index in [2.05, 4.69) is 21.2 Å². The lowest BCUT2D eigenvalue weighted by Crippen LogP contribution is -2.27. The van der Waals surface area contributed by atoms with E-state index in [0.29, 0.717) is 0 Å². The summed E-state index contributed by atoms with van der Waals surface area (Å²) in [6.07, 6.45) is 6.73. The van der Waals surface area contributed by atoms with Gasteiger partial charge in [-0.3, -0.25) is 0 Å². The molecule has 3 heteroatoms. The van der Waals surface area contributed by atoms with Crippen molar-refractivity contribution in [2.45, 2.75) is 45.1 Å². The van der Waals surface area contributed by atoms with Gasteiger partial charge >= 0.3 is 0 Å². The molecule has 1 unspecified atom stereocenters. The Morgan fingerprint density at radius 1 is 1.33 bits per heavy atom. The van der Waals surface area contributed by atoms with Crippen LogP contribution in [0, 0.1) is 11.7 Å². The lowest BCUT2D eigenvalue weighted by Gasteiger charge is -2.24. The normalized spacial score (nSPS) is 18.8. The Morgan fingerprint density at radius 2 is 2.06 bits per heavy atom. The Labute approximate surface area is 117 Å². The number of hydrogen-bond donors (Lipinski definition) is 1. The van der Waals surface area contributed by atoms with Crippen LogP contribution in [-0.4, -0.2) is 6.54 Å². The molecule has 0 aromatic heterocycles. The van der Waals surface area contributed by atoms with E-state index in [1.165, 1.54) is 38.2 Å². The van der Waals surface area contributed by atoms with Gasteiger partial charge < -0.3 is 5.32 Å². The topological polar surface area (TPSA) is 12.0 Å². The molecule has 1 nitrogen and oxygen atoms in total. The number of nitrogens with one attached hydrogen (secondary N) is 1. The van der Waals surface area contributed by atoms with E-state index in [4.69, 9.17) is 0 Å². The van der Waals surface area contributed by atoms with E-state index >= 15 is 0 Å². The van der Waals surface area contributed by atoms with Gasteiger partial charge in [-0.15, -0.1) is 0 Å². The van der Waals surface area contributed by atoms with E-state index < -0.39 is 0 Å². The Bertz CT molecular complexity index is 388. The molecule has 0 radical (unpaired) electrons. The molecule has 1 aromatic rings. The molecule has 1 aliphatic rings. The first kappa shape index (κ1) is 14.0. The Hall–Kier alpha value is -0.410. The van der Waals surface area contributed by atoms with Crippen molar-refractivity contribution in [3.8, 4) is 0 Å². The van der Waals surface area contributed by atoms with Crippen molar-refractivity contribution in [3.63, 3.8) is 0 Å². The average molecular weight is 314 g/mol. The maximum atomic E-state index is 13.7. The fraction of sp³-hybridized carbons (Fsp3) is 0.600. The first-order chi connectivity index (χ1) is 8.66. The van der Waals surface area contributed by atoms with Crippen LogP contribution in [0.25, 0.3) is 0 Å². The van der Waals surface area contributed by atoms with Crippen LogP contribution in [0.2, 0.25) is 0 Å². The lowest BCUT2D eigenvalue weighted by molar-refractivity contribution is 0.330. The van der Waals surface area contributed by atoms with Crippen LogP contribution in [0.1, 0.15) is 50.6 Å². The van der Waals surface area contributed by atoms with Gasteiger partial charge in [0.15, 0.2) is 0 Å². The number of halogens is 2. The van der Waals surface area contributed by atoms with Crippen LogP contribution in [-0.2, 0) is 0 Å². The fourth-order valence-electron chi connectivity index (χ4n) is 2.69. The molecule has 1 N–H and O–H groups in total. The summed E-state index contributed by atoms with van der Waals surface area (Å²) in [6.45, 7) is 3.04. The maximum Gasteiger partial charge on any atom is 0.128 e. The zero-order valence-electron chi connectivity index (χ0n) is 10.9. The highest BCUT2D eigenvalue weighted by Gasteiger charge is 2.16. The first-order valence-electron chi connectivity index (χ1n) is 6.85. The molecule has 18 heavy (non-hydrogen) atoms. The summed E-state index contributed by atoms with van der Waals surface area (Å²) < 4.78 is 14.7. The molecule has 1 aromatic carbocycles. The van der Waals surface area contributed by atoms with Crippen molar-refractivity contribution < 1.29 is 4.39 Å². The maximum absolute atomic E-state index is 13.7. The molecule has 100 valence electrons. The third kappa shape index (κ3) is 3.79. The minimum absolute atomic E-state index is 0.0735. The smallest absolute Gasteiger partial charge is 0.128 e. The van der Waals surface area contributed by atoms with E-state index in [1.807, 2.05) is 13.0 Å². The molecule has 1 atom stereocenters. The summed E-state index contributed by atoms with van der Waals surface area (Å²) in [5.74, 6) is 0.651. The highest BCUT2D eigenvalue weighted by Crippen LogP contribution is 2.25. The summed E-state index contributed by atoms with van der Waals surface area (Å²) in [4.78, 5) is 0. The van der Waals surface area contributed by atoms with Gasteiger partial charge in [-0.05, 0) is 50.4 Å². The molecule has 1 aliphatic carbocycles. The monoisotopic (exact) mass is 313 g/mol. The Kier molecular flexibility index (Phi) is 5.19. The van der Waals surface area contributed by atoms with Crippen LogP contribution < -0.4 is 5.32 Å². The van der Waals surface area contributed by atoms with Crippen molar-refractivity contribution in [2.24, 2.45) is 5.92 Å². The molecule has 1 saturated carbocycles. The minimum Gasteiger partial charge on any atom is -0.310 e. The van der Waals surface area contributed by atoms with Crippen molar-refractivity contribution >= 4 is 15.9 Å². The zero-order chi connectivity index (χ0) is 13.0. The molecule has 0 amide bonds. The summed E-state index contributed by atoms with van der Waals surface area (Å²) in [5, 5.41) is 3.48. The summed E-state index contributed by atoms with van der Waals surface area (Å²) in [7, 11) is 0. The largest absolute Gasteiger partial charge is 0.310 e. The zero-order valence-corrected chi connectivity index (χ0v) is 12.5. The molecule has 0 aliphatic heterocycles. The predicted molar refractivity (Wildman–Crippen MR) is 77.1 cm³/mol. The standard InChI is InChI=1S/C15H21BrFN/c1-11(14-9-13(16)7-8-15(14)17)18-10-12-5-3-2-4-6-12/h7-9,11-12,18H,2-6,10H2,1H3. The molecular formula is C15H21BrFN. The van der Waals surface area contributed by atoms with Crippen molar-refractivity contribution in [3.05, 3.63) is 34.1 Å². The van der Waals surface area contributed by atoms with Gasteiger partial charge in [0.1, 0.15) is 5.82 Å². The van der Waals surface area contributed by atoms with Gasteiger partial charge in [-0.25, -0.2) is 4.39 Å². The van der Waals surface area contributed by atoms with Crippen molar-refractivity contribution in [2.75, 3.05) is 6.54 Å². The van der Waals surface area contributed by atoms with Gasteiger partial charge in [0, 0.05) is 16.1 Å². The molecule has 0 bridgehead atoms. The van der Waals surface area contributed by atoms with Gasteiger partial charge in [0.25, 0.3) is 0 Å². The molecular weight excluding hydrogens is 293 g/mol. The number of hydrogen-bond acceptors (Lipinski definition) is 1. The summed E-state index contributed by atoms with van der Waals surface area (Å²) in [5.41, 5.74) is 0.750. The van der Waals surface area contributed by atoms with Crippen LogP contribution in [0.3, 0.4) is 0 Å². The molecule has 1 fully saturated rings. The molecule has 0 saturated heterocycles. The van der Waals surface area contributed by atoms with Crippen LogP contribution >= 0.6 is 15.9 Å². The highest BCUT2D eigenvalue weighted by molar-refractivity contribution is 9.10. The van der Waals surface area contributed by atoms with Gasteiger partial charge in [-0.2, -0.15) is 0 Å². The second-order valence-electron chi connectivity index (χ2n) is 5.30. The quantitative estimate of drug-likeness (QED) is 0.840. The van der Waals surface area contributed by atoms with Gasteiger partial charge in [0.05, 0.1) is 0 Å². The summed E-state index contributed by atoms with van der Waals surface area (Å²) >= 11 is 3.40. The fourth-order valence-corrected chi connectivity index (χ4v) is 3.07. The second-order valence-corrected chi connectivity index (χ2v) is 6.22. The average Bonchev–Trinajstić information content (AvgIpc) is 2.40. The van der Waals surface area contributed by atoms with Crippen molar-refractivity contribution in [1.29, 1.82) is 0 Å². The Balaban J connectivity index is 1.90. The molecule has 2 rings (SSSR count). The number of benzene rings is 1. The third-order valence-corrected chi connectivity index (χ3v) is 4.36. The van der Waals surface area contributed by atoms with Gasteiger partial charge in [0.2, 0.25) is 0 Å². The van der Waals surface area contributed by atoms with E-state index in [-0.39, 0.29) is 11.9 Å². The number of rotatable bonds is 4. The second kappa shape index (κ2) is 6.67. The SMILES string of the molecule is CC(NCC1CCCCC1)c1cc(Br)ccc1F. The Morgan fingerprint density at radius 3 is 2.78 bits per heavy atom. The highest BCUT2D eigenvalue weighted by atomic mass is 79.9. The van der Waals surface area contributed by atoms with E-state index in [1.54, 1.807) is 6.07 Å². The van der Waals surface area contributed by atoms with Gasteiger partial charge in [-0.1, -0.05) is 35.2 Å². The third-order valence-electron chi connectivity index (χ3n) is 3.86.